The maximum atomic E-state index is 13.4. The first-order valence-corrected chi connectivity index (χ1v) is 6.08. The summed E-state index contributed by atoms with van der Waals surface area (Å²) < 4.78 is 27.2. The summed E-state index contributed by atoms with van der Waals surface area (Å²) in [6, 6.07) is 7.51. The molecule has 0 aliphatic heterocycles. The van der Waals surface area contributed by atoms with Crippen molar-refractivity contribution in [3.8, 4) is 0 Å². The molecule has 3 nitrogen and oxygen atoms in total. The van der Waals surface area contributed by atoms with Crippen LogP contribution in [0.3, 0.4) is 0 Å². The summed E-state index contributed by atoms with van der Waals surface area (Å²) in [4.78, 5) is 11.8. The maximum absolute atomic E-state index is 13.4. The molecule has 19 heavy (non-hydrogen) atoms. The Morgan fingerprint density at radius 3 is 2.58 bits per heavy atom. The number of nitrogen functional groups attached to an aromatic ring is 1. The lowest BCUT2D eigenvalue weighted by atomic mass is 10.2. The van der Waals surface area contributed by atoms with E-state index in [1.807, 2.05) is 0 Å². The Kier molecular flexibility index (Phi) is 3.80. The Morgan fingerprint density at radius 1 is 1.16 bits per heavy atom. The van der Waals surface area contributed by atoms with Gasteiger partial charge in [0, 0.05) is 4.47 Å². The number of nitrogens with two attached hydrogens (primary N) is 1. The van der Waals surface area contributed by atoms with Crippen LogP contribution in [0.25, 0.3) is 0 Å². The van der Waals surface area contributed by atoms with Crippen molar-refractivity contribution in [3.05, 3.63) is 58.1 Å². The number of amides is 1. The molecule has 2 aromatic rings. The predicted octanol–water partition coefficient (Wildman–Crippen LogP) is 3.56. The number of hydrogen-bond acceptors (Lipinski definition) is 2. The molecule has 98 valence electrons. The van der Waals surface area contributed by atoms with Crippen LogP contribution < -0.4 is 11.1 Å². The Balaban J connectivity index is 2.28. The highest BCUT2D eigenvalue weighted by atomic mass is 79.9. The fourth-order valence-corrected chi connectivity index (χ4v) is 1.89. The number of carbonyl (C=O) groups is 1. The van der Waals surface area contributed by atoms with E-state index < -0.39 is 17.5 Å². The van der Waals surface area contributed by atoms with E-state index in [9.17, 15) is 13.6 Å². The average Bonchev–Trinajstić information content (AvgIpc) is 2.35. The van der Waals surface area contributed by atoms with E-state index in [1.165, 1.54) is 0 Å². The molecule has 0 bridgehead atoms. The molecule has 0 aliphatic rings. The van der Waals surface area contributed by atoms with Gasteiger partial charge in [0.15, 0.2) is 0 Å². The van der Waals surface area contributed by atoms with Crippen LogP contribution in [0.1, 0.15) is 10.4 Å². The van der Waals surface area contributed by atoms with Gasteiger partial charge in [0.2, 0.25) is 0 Å². The van der Waals surface area contributed by atoms with Crippen LogP contribution in [0.5, 0.6) is 0 Å². The van der Waals surface area contributed by atoms with E-state index >= 15 is 0 Å². The number of benzene rings is 2. The summed E-state index contributed by atoms with van der Waals surface area (Å²) in [5, 5.41) is 2.43. The minimum Gasteiger partial charge on any atom is -0.397 e. The SMILES string of the molecule is Nc1cc(Br)ccc1NC(=O)c1cc(F)ccc1F. The smallest absolute Gasteiger partial charge is 0.258 e. The van der Waals surface area contributed by atoms with Gasteiger partial charge in [-0.3, -0.25) is 4.79 Å². The lowest BCUT2D eigenvalue weighted by Gasteiger charge is -2.09. The molecule has 0 heterocycles. The van der Waals surface area contributed by atoms with Crippen molar-refractivity contribution in [2.75, 3.05) is 11.1 Å². The van der Waals surface area contributed by atoms with Crippen LogP contribution in [-0.2, 0) is 0 Å². The summed E-state index contributed by atoms with van der Waals surface area (Å²) in [6.07, 6.45) is 0. The minimum atomic E-state index is -0.797. The zero-order chi connectivity index (χ0) is 14.0. The Bertz CT molecular complexity index is 647. The van der Waals surface area contributed by atoms with E-state index in [1.54, 1.807) is 18.2 Å². The van der Waals surface area contributed by atoms with Gasteiger partial charge in [0.1, 0.15) is 11.6 Å². The lowest BCUT2D eigenvalue weighted by molar-refractivity contribution is 0.102. The molecule has 6 heteroatoms. The van der Waals surface area contributed by atoms with Crippen LogP contribution in [-0.4, -0.2) is 5.91 Å². The number of carbonyl (C=O) groups excluding carboxylic acids is 1. The maximum Gasteiger partial charge on any atom is 0.258 e. The molecule has 0 spiro atoms. The van der Waals surface area contributed by atoms with Gasteiger partial charge in [-0.05, 0) is 36.4 Å². The van der Waals surface area contributed by atoms with Crippen molar-refractivity contribution in [2.45, 2.75) is 0 Å². The molecule has 0 aliphatic carbocycles. The normalized spacial score (nSPS) is 10.3. The highest BCUT2D eigenvalue weighted by Gasteiger charge is 2.14. The monoisotopic (exact) mass is 326 g/mol. The molecule has 2 rings (SSSR count). The summed E-state index contributed by atoms with van der Waals surface area (Å²) in [7, 11) is 0. The van der Waals surface area contributed by atoms with Gasteiger partial charge < -0.3 is 11.1 Å². The number of hydrogen-bond donors (Lipinski definition) is 2. The van der Waals surface area contributed by atoms with Gasteiger partial charge in [-0.25, -0.2) is 8.78 Å². The largest absolute Gasteiger partial charge is 0.397 e. The third-order valence-electron chi connectivity index (χ3n) is 2.43. The molecule has 0 radical (unpaired) electrons. The minimum absolute atomic E-state index is 0.319. The first-order chi connectivity index (χ1) is 8.97. The topological polar surface area (TPSA) is 55.1 Å². The molecule has 0 atom stereocenters. The van der Waals surface area contributed by atoms with E-state index in [2.05, 4.69) is 21.2 Å². The molecule has 0 saturated heterocycles. The second-order valence-electron chi connectivity index (χ2n) is 3.81. The summed E-state index contributed by atoms with van der Waals surface area (Å²) in [5.41, 5.74) is 5.98. The first-order valence-electron chi connectivity index (χ1n) is 5.29. The van der Waals surface area contributed by atoms with Crippen LogP contribution in [0.2, 0.25) is 0 Å². The van der Waals surface area contributed by atoms with Crippen LogP contribution in [0.4, 0.5) is 20.2 Å². The lowest BCUT2D eigenvalue weighted by Crippen LogP contribution is -2.15. The van der Waals surface area contributed by atoms with Gasteiger partial charge in [-0.1, -0.05) is 15.9 Å². The molecule has 3 N–H and O–H groups in total. The second kappa shape index (κ2) is 5.36. The van der Waals surface area contributed by atoms with Crippen molar-refractivity contribution in [1.82, 2.24) is 0 Å². The highest BCUT2D eigenvalue weighted by molar-refractivity contribution is 9.10. The van der Waals surface area contributed by atoms with Gasteiger partial charge in [-0.15, -0.1) is 0 Å². The number of rotatable bonds is 2. The van der Waals surface area contributed by atoms with Crippen molar-refractivity contribution < 1.29 is 13.6 Å². The third kappa shape index (κ3) is 3.08. The quantitative estimate of drug-likeness (QED) is 0.829. The first kappa shape index (κ1) is 13.5. The van der Waals surface area contributed by atoms with Crippen LogP contribution >= 0.6 is 15.9 Å². The van der Waals surface area contributed by atoms with Crippen LogP contribution in [0, 0.1) is 11.6 Å². The van der Waals surface area contributed by atoms with E-state index in [0.717, 1.165) is 22.7 Å². The fourth-order valence-electron chi connectivity index (χ4n) is 1.51. The Labute approximate surface area is 116 Å². The number of halogens is 3. The van der Waals surface area contributed by atoms with Gasteiger partial charge in [-0.2, -0.15) is 0 Å². The van der Waals surface area contributed by atoms with Gasteiger partial charge in [0.05, 0.1) is 16.9 Å². The third-order valence-corrected chi connectivity index (χ3v) is 2.93. The fraction of sp³-hybridized carbons (Fsp3) is 0. The van der Waals surface area contributed by atoms with Crippen molar-refractivity contribution in [1.29, 1.82) is 0 Å². The van der Waals surface area contributed by atoms with E-state index in [-0.39, 0.29) is 5.56 Å². The Hall–Kier alpha value is -1.95. The van der Waals surface area contributed by atoms with Gasteiger partial charge in [0.25, 0.3) is 5.91 Å². The summed E-state index contributed by atoms with van der Waals surface area (Å²) in [6.45, 7) is 0. The average molecular weight is 327 g/mol. The molecule has 0 saturated carbocycles. The molecule has 2 aromatic carbocycles. The van der Waals surface area contributed by atoms with Crippen molar-refractivity contribution >= 4 is 33.2 Å². The second-order valence-corrected chi connectivity index (χ2v) is 4.73. The zero-order valence-corrected chi connectivity index (χ0v) is 11.2. The molecule has 0 unspecified atom stereocenters. The predicted molar refractivity (Wildman–Crippen MR) is 72.9 cm³/mol. The molecule has 0 aromatic heterocycles. The summed E-state index contributed by atoms with van der Waals surface area (Å²) in [5.74, 6) is -2.24. The van der Waals surface area contributed by atoms with E-state index in [0.29, 0.717) is 11.4 Å². The highest BCUT2D eigenvalue weighted by Crippen LogP contribution is 2.24. The summed E-state index contributed by atoms with van der Waals surface area (Å²) >= 11 is 3.23. The standard InChI is InChI=1S/C13H9BrF2N2O/c14-7-1-4-12(11(17)5-7)18-13(19)9-6-8(15)2-3-10(9)16/h1-6H,17H2,(H,18,19). The number of anilines is 2. The van der Waals surface area contributed by atoms with Crippen LogP contribution in [0.15, 0.2) is 40.9 Å². The molecular formula is C13H9BrF2N2O. The van der Waals surface area contributed by atoms with Crippen molar-refractivity contribution in [3.63, 3.8) is 0 Å². The molecule has 0 fully saturated rings. The number of nitrogens with one attached hydrogen (secondary N) is 1. The molecular weight excluding hydrogens is 318 g/mol. The molecule has 1 amide bonds. The van der Waals surface area contributed by atoms with E-state index in [4.69, 9.17) is 5.73 Å². The Morgan fingerprint density at radius 2 is 1.89 bits per heavy atom. The van der Waals surface area contributed by atoms with Crippen molar-refractivity contribution in [2.24, 2.45) is 0 Å². The van der Waals surface area contributed by atoms with Gasteiger partial charge >= 0.3 is 0 Å². The zero-order valence-electron chi connectivity index (χ0n) is 9.58.